The fourth-order valence-electron chi connectivity index (χ4n) is 3.87. The van der Waals surface area contributed by atoms with E-state index >= 15 is 0 Å². The summed E-state index contributed by atoms with van der Waals surface area (Å²) >= 11 is 1.59. The predicted octanol–water partition coefficient (Wildman–Crippen LogP) is 2.72. The Morgan fingerprint density at radius 2 is 2.11 bits per heavy atom. The molecule has 148 valence electrons. The molecule has 2 aliphatic rings. The minimum absolute atomic E-state index is 0.0782. The Morgan fingerprint density at radius 3 is 2.79 bits per heavy atom. The Labute approximate surface area is 168 Å². The summed E-state index contributed by atoms with van der Waals surface area (Å²) in [5, 5.41) is 2.95. The molecule has 1 atom stereocenters. The van der Waals surface area contributed by atoms with Crippen LogP contribution >= 0.6 is 11.3 Å². The number of carbonyl (C=O) groups is 2. The first-order chi connectivity index (χ1) is 13.3. The molecule has 0 bridgehead atoms. The second-order valence-electron chi connectivity index (χ2n) is 7.37. The van der Waals surface area contributed by atoms with Crippen molar-refractivity contribution in [1.29, 1.82) is 0 Å². The maximum absolute atomic E-state index is 13.0. The van der Waals surface area contributed by atoms with Crippen molar-refractivity contribution in [2.24, 2.45) is 0 Å². The first kappa shape index (κ1) is 19.1. The lowest BCUT2D eigenvalue weighted by Crippen LogP contribution is -2.39. The van der Waals surface area contributed by atoms with Crippen LogP contribution in [0.5, 0.6) is 0 Å². The maximum Gasteiger partial charge on any atom is 0.269 e. The average molecular weight is 420 g/mol. The lowest BCUT2D eigenvalue weighted by Gasteiger charge is -2.32. The van der Waals surface area contributed by atoms with Gasteiger partial charge in [0.25, 0.3) is 21.8 Å². The van der Waals surface area contributed by atoms with Crippen LogP contribution in [0.2, 0.25) is 0 Å². The summed E-state index contributed by atoms with van der Waals surface area (Å²) in [5.41, 5.74) is 0.421. The highest BCUT2D eigenvalue weighted by atomic mass is 32.2. The molecule has 2 aliphatic heterocycles. The number of thiazole rings is 1. The Kier molecular flexibility index (Phi) is 4.75. The second kappa shape index (κ2) is 6.97. The van der Waals surface area contributed by atoms with Gasteiger partial charge in [0.2, 0.25) is 0 Å². The van der Waals surface area contributed by atoms with Crippen LogP contribution in [0.1, 0.15) is 58.3 Å². The van der Waals surface area contributed by atoms with Gasteiger partial charge in [-0.05, 0) is 44.9 Å². The highest BCUT2D eigenvalue weighted by Gasteiger charge is 2.43. The van der Waals surface area contributed by atoms with Crippen LogP contribution in [0.3, 0.4) is 0 Å². The molecule has 7 nitrogen and oxygen atoms in total. The number of nitrogens with zero attached hydrogens (tertiary/aromatic N) is 3. The molecule has 4 rings (SSSR count). The van der Waals surface area contributed by atoms with E-state index in [1.807, 2.05) is 5.38 Å². The van der Waals surface area contributed by atoms with Crippen molar-refractivity contribution in [1.82, 2.24) is 14.2 Å². The Bertz CT molecular complexity index is 1030. The molecule has 0 spiro atoms. The van der Waals surface area contributed by atoms with Gasteiger partial charge >= 0.3 is 0 Å². The molecule has 1 unspecified atom stereocenters. The molecule has 1 aromatic carbocycles. The topological polar surface area (TPSA) is 87.7 Å². The van der Waals surface area contributed by atoms with Gasteiger partial charge in [0.05, 0.1) is 10.6 Å². The minimum Gasteiger partial charge on any atom is -0.338 e. The van der Waals surface area contributed by atoms with Crippen molar-refractivity contribution in [3.63, 3.8) is 0 Å². The number of fused-ring (bicyclic) bond motifs is 1. The number of benzene rings is 1. The highest BCUT2D eigenvalue weighted by Crippen LogP contribution is 2.34. The van der Waals surface area contributed by atoms with Crippen LogP contribution in [0.25, 0.3) is 0 Å². The third-order valence-corrected chi connectivity index (χ3v) is 8.11. The summed E-state index contributed by atoms with van der Waals surface area (Å²) in [7, 11) is -3.92. The lowest BCUT2D eigenvalue weighted by molar-refractivity contribution is 0.0706. The van der Waals surface area contributed by atoms with E-state index in [1.54, 1.807) is 42.3 Å². The van der Waals surface area contributed by atoms with Crippen molar-refractivity contribution >= 4 is 33.2 Å². The van der Waals surface area contributed by atoms with Crippen molar-refractivity contribution in [2.75, 3.05) is 13.1 Å². The molecule has 2 amide bonds. The molecule has 28 heavy (non-hydrogen) atoms. The minimum atomic E-state index is -3.92. The van der Waals surface area contributed by atoms with Gasteiger partial charge < -0.3 is 4.90 Å². The van der Waals surface area contributed by atoms with Crippen LogP contribution < -0.4 is 0 Å². The monoisotopic (exact) mass is 419 g/mol. The molecule has 1 aromatic heterocycles. The molecule has 0 radical (unpaired) electrons. The van der Waals surface area contributed by atoms with E-state index in [9.17, 15) is 18.0 Å². The van der Waals surface area contributed by atoms with Gasteiger partial charge in [-0.25, -0.2) is 17.7 Å². The van der Waals surface area contributed by atoms with E-state index < -0.39 is 22.0 Å². The third-order valence-electron chi connectivity index (χ3n) is 5.17. The number of hydrogen-bond donors (Lipinski definition) is 0. The number of carbonyl (C=O) groups excluding carboxylic acids is 2. The van der Waals surface area contributed by atoms with Gasteiger partial charge in [0, 0.05) is 42.2 Å². The molecular formula is C19H21N3O4S2. The SMILES string of the molecule is CC(C)N1C(=O)c2ccc(C(=O)N3CCCC(c4nccs4)C3)cc2S1(=O)=O. The van der Waals surface area contributed by atoms with Crippen LogP contribution in [0.15, 0.2) is 34.7 Å². The molecule has 1 saturated heterocycles. The van der Waals surface area contributed by atoms with E-state index in [1.165, 1.54) is 12.1 Å². The van der Waals surface area contributed by atoms with E-state index in [0.717, 1.165) is 22.2 Å². The largest absolute Gasteiger partial charge is 0.338 e. The summed E-state index contributed by atoms with van der Waals surface area (Å²) < 4.78 is 26.4. The summed E-state index contributed by atoms with van der Waals surface area (Å²) in [5.74, 6) is -0.547. The molecule has 1 fully saturated rings. The standard InChI is InChI=1S/C19H21N3O4S2/c1-12(2)22-19(24)15-6-5-13(10-16(15)28(22,25)26)18(23)21-8-3-4-14(11-21)17-20-7-9-27-17/h5-7,9-10,12,14H,3-4,8,11H2,1-2H3. The van der Waals surface area contributed by atoms with Crippen LogP contribution in [-0.4, -0.2) is 53.6 Å². The van der Waals surface area contributed by atoms with Crippen molar-refractivity contribution < 1.29 is 18.0 Å². The fraction of sp³-hybridized carbons (Fsp3) is 0.421. The van der Waals surface area contributed by atoms with Gasteiger partial charge in [0.1, 0.15) is 4.90 Å². The first-order valence-electron chi connectivity index (χ1n) is 9.22. The molecule has 9 heteroatoms. The number of aromatic nitrogens is 1. The number of sulfonamides is 1. The normalized spacial score (nSPS) is 21.2. The quantitative estimate of drug-likeness (QED) is 0.763. The Hall–Kier alpha value is -2.26. The summed E-state index contributed by atoms with van der Waals surface area (Å²) in [6.45, 7) is 4.49. The van der Waals surface area contributed by atoms with E-state index in [-0.39, 0.29) is 22.3 Å². The van der Waals surface area contributed by atoms with Crippen molar-refractivity contribution in [3.05, 3.63) is 45.9 Å². The zero-order valence-corrected chi connectivity index (χ0v) is 17.3. The second-order valence-corrected chi connectivity index (χ2v) is 10.1. The van der Waals surface area contributed by atoms with E-state index in [2.05, 4.69) is 4.98 Å². The molecule has 3 heterocycles. The Morgan fingerprint density at radius 1 is 1.32 bits per heavy atom. The summed E-state index contributed by atoms with van der Waals surface area (Å²) in [6, 6.07) is 3.86. The number of piperidine rings is 1. The van der Waals surface area contributed by atoms with Gasteiger partial charge in [-0.3, -0.25) is 9.59 Å². The van der Waals surface area contributed by atoms with Crippen molar-refractivity contribution in [2.45, 2.75) is 43.5 Å². The molecule has 0 N–H and O–H groups in total. The summed E-state index contributed by atoms with van der Waals surface area (Å²) in [6.07, 6.45) is 3.62. The molecular weight excluding hydrogens is 398 g/mol. The summed E-state index contributed by atoms with van der Waals surface area (Å²) in [4.78, 5) is 31.5. The van der Waals surface area contributed by atoms with Crippen LogP contribution in [-0.2, 0) is 10.0 Å². The average Bonchev–Trinajstić information content (AvgIpc) is 3.27. The van der Waals surface area contributed by atoms with Gasteiger partial charge in [-0.2, -0.15) is 0 Å². The van der Waals surface area contributed by atoms with Crippen LogP contribution in [0.4, 0.5) is 0 Å². The number of hydrogen-bond acceptors (Lipinski definition) is 6. The number of amides is 2. The molecule has 0 saturated carbocycles. The number of rotatable bonds is 3. The lowest BCUT2D eigenvalue weighted by atomic mass is 9.98. The van der Waals surface area contributed by atoms with Gasteiger partial charge in [-0.1, -0.05) is 0 Å². The molecule has 2 aromatic rings. The van der Waals surface area contributed by atoms with Gasteiger partial charge in [-0.15, -0.1) is 11.3 Å². The maximum atomic E-state index is 13.0. The Balaban J connectivity index is 1.62. The van der Waals surface area contributed by atoms with E-state index in [4.69, 9.17) is 0 Å². The third kappa shape index (κ3) is 3.02. The first-order valence-corrected chi connectivity index (χ1v) is 11.5. The van der Waals surface area contributed by atoms with Crippen LogP contribution in [0, 0.1) is 0 Å². The zero-order chi connectivity index (χ0) is 20.1. The molecule has 0 aliphatic carbocycles. The van der Waals surface area contributed by atoms with Gasteiger partial charge in [0.15, 0.2) is 0 Å². The highest BCUT2D eigenvalue weighted by molar-refractivity contribution is 7.90. The smallest absolute Gasteiger partial charge is 0.269 e. The van der Waals surface area contributed by atoms with Crippen molar-refractivity contribution in [3.8, 4) is 0 Å². The zero-order valence-electron chi connectivity index (χ0n) is 15.7. The van der Waals surface area contributed by atoms with E-state index in [0.29, 0.717) is 18.7 Å². The fourth-order valence-corrected chi connectivity index (χ4v) is 6.43. The predicted molar refractivity (Wildman–Crippen MR) is 105 cm³/mol. The number of likely N-dealkylation sites (tertiary alicyclic amines) is 1.